The molecule has 6 heteroatoms. The highest BCUT2D eigenvalue weighted by Gasteiger charge is 2.39. The number of ether oxygens (including phenoxy) is 1. The molecule has 0 bridgehead atoms. The minimum atomic E-state index is -0.339. The van der Waals surface area contributed by atoms with Gasteiger partial charge in [0.15, 0.2) is 0 Å². The molecule has 0 atom stereocenters. The predicted molar refractivity (Wildman–Crippen MR) is 84.3 cm³/mol. The van der Waals surface area contributed by atoms with Crippen molar-refractivity contribution in [3.8, 4) is 0 Å². The zero-order valence-electron chi connectivity index (χ0n) is 12.4. The van der Waals surface area contributed by atoms with Crippen molar-refractivity contribution in [3.05, 3.63) is 0 Å². The van der Waals surface area contributed by atoms with Crippen LogP contribution < -0.4 is 10.6 Å². The van der Waals surface area contributed by atoms with Crippen molar-refractivity contribution in [2.24, 2.45) is 5.41 Å². The van der Waals surface area contributed by atoms with Crippen LogP contribution in [-0.2, 0) is 9.53 Å². The molecule has 0 aromatic rings. The normalized spacial score (nSPS) is 18.5. The summed E-state index contributed by atoms with van der Waals surface area (Å²) in [6.07, 6.45) is 3.78. The number of thioether (sulfide) groups is 1. The van der Waals surface area contributed by atoms with Crippen LogP contribution in [0.2, 0.25) is 0 Å². The minimum Gasteiger partial charge on any atom is -0.384 e. The third kappa shape index (κ3) is 5.50. The summed E-state index contributed by atoms with van der Waals surface area (Å²) in [6.45, 7) is 7.28. The first-order valence-electron chi connectivity index (χ1n) is 6.49. The second kappa shape index (κ2) is 8.35. The topological polar surface area (TPSA) is 50.4 Å². The summed E-state index contributed by atoms with van der Waals surface area (Å²) in [5, 5.41) is 6.40. The summed E-state index contributed by atoms with van der Waals surface area (Å²) < 4.78 is 5.35. The number of amides is 1. The van der Waals surface area contributed by atoms with Gasteiger partial charge >= 0.3 is 0 Å². The van der Waals surface area contributed by atoms with Gasteiger partial charge in [-0.25, -0.2) is 0 Å². The first kappa shape index (κ1) is 19.0. The van der Waals surface area contributed by atoms with E-state index in [4.69, 9.17) is 4.74 Å². The molecule has 1 saturated heterocycles. The molecule has 1 aliphatic rings. The summed E-state index contributed by atoms with van der Waals surface area (Å²) in [4.78, 5) is 12.4. The minimum absolute atomic E-state index is 0. The average molecular weight is 311 g/mol. The molecule has 0 aliphatic carbocycles. The molecule has 1 amide bonds. The first-order chi connectivity index (χ1) is 8.46. The number of hydrogen-bond acceptors (Lipinski definition) is 4. The van der Waals surface area contributed by atoms with E-state index in [2.05, 4.69) is 30.7 Å². The van der Waals surface area contributed by atoms with Crippen LogP contribution in [0.15, 0.2) is 0 Å². The number of halogens is 1. The zero-order valence-corrected chi connectivity index (χ0v) is 14.0. The maximum atomic E-state index is 12.4. The average Bonchev–Trinajstić information content (AvgIpc) is 2.37. The van der Waals surface area contributed by atoms with Crippen LogP contribution in [0.25, 0.3) is 0 Å². The summed E-state index contributed by atoms with van der Waals surface area (Å²) in [6, 6.07) is 0. The number of piperidine rings is 1. The molecule has 0 spiro atoms. The van der Waals surface area contributed by atoms with Crippen molar-refractivity contribution < 1.29 is 9.53 Å². The van der Waals surface area contributed by atoms with Gasteiger partial charge in [-0.3, -0.25) is 4.79 Å². The Balaban J connectivity index is 0.00000324. The Kier molecular flexibility index (Phi) is 8.36. The van der Waals surface area contributed by atoms with Crippen molar-refractivity contribution in [1.29, 1.82) is 0 Å². The smallest absolute Gasteiger partial charge is 0.228 e. The van der Waals surface area contributed by atoms with E-state index in [1.54, 1.807) is 18.9 Å². The van der Waals surface area contributed by atoms with Gasteiger partial charge in [-0.15, -0.1) is 12.4 Å². The van der Waals surface area contributed by atoms with Crippen molar-refractivity contribution in [2.45, 2.75) is 31.4 Å². The fourth-order valence-electron chi connectivity index (χ4n) is 2.17. The van der Waals surface area contributed by atoms with E-state index in [0.29, 0.717) is 13.2 Å². The van der Waals surface area contributed by atoms with E-state index < -0.39 is 0 Å². The van der Waals surface area contributed by atoms with Crippen molar-refractivity contribution in [2.75, 3.05) is 39.6 Å². The lowest BCUT2D eigenvalue weighted by Crippen LogP contribution is -2.52. The SMILES string of the molecule is COCC1(C(=O)NCC(C)(C)SC)CCNCC1.Cl. The summed E-state index contributed by atoms with van der Waals surface area (Å²) in [5.74, 6) is 0.146. The molecular weight excluding hydrogens is 284 g/mol. The van der Waals surface area contributed by atoms with Crippen LogP contribution >= 0.6 is 24.2 Å². The monoisotopic (exact) mass is 310 g/mol. The Hall–Kier alpha value is 0.0300. The molecule has 1 fully saturated rings. The molecule has 4 nitrogen and oxygen atoms in total. The van der Waals surface area contributed by atoms with Gasteiger partial charge in [-0.1, -0.05) is 0 Å². The molecule has 0 radical (unpaired) electrons. The Morgan fingerprint density at radius 3 is 2.47 bits per heavy atom. The van der Waals surface area contributed by atoms with Crippen LogP contribution in [0.3, 0.4) is 0 Å². The van der Waals surface area contributed by atoms with E-state index in [-0.39, 0.29) is 28.5 Å². The van der Waals surface area contributed by atoms with Gasteiger partial charge in [0.05, 0.1) is 12.0 Å². The lowest BCUT2D eigenvalue weighted by Gasteiger charge is -2.36. The molecular formula is C13H27ClN2O2S. The molecule has 0 unspecified atom stereocenters. The first-order valence-corrected chi connectivity index (χ1v) is 7.71. The molecule has 0 saturated carbocycles. The van der Waals surface area contributed by atoms with Crippen LogP contribution in [0, 0.1) is 5.41 Å². The van der Waals surface area contributed by atoms with Gasteiger partial charge < -0.3 is 15.4 Å². The summed E-state index contributed by atoms with van der Waals surface area (Å²) in [7, 11) is 1.67. The third-order valence-electron chi connectivity index (χ3n) is 3.69. The Bertz CT molecular complexity index is 276. The van der Waals surface area contributed by atoms with Crippen molar-refractivity contribution in [1.82, 2.24) is 10.6 Å². The Labute approximate surface area is 127 Å². The molecule has 1 heterocycles. The lowest BCUT2D eigenvalue weighted by molar-refractivity contribution is -0.136. The van der Waals surface area contributed by atoms with Crippen LogP contribution in [0.5, 0.6) is 0 Å². The molecule has 114 valence electrons. The van der Waals surface area contributed by atoms with E-state index >= 15 is 0 Å². The van der Waals surface area contributed by atoms with E-state index in [1.165, 1.54) is 0 Å². The van der Waals surface area contributed by atoms with Gasteiger partial charge in [0.1, 0.15) is 0 Å². The van der Waals surface area contributed by atoms with Gasteiger partial charge in [0.25, 0.3) is 0 Å². The van der Waals surface area contributed by atoms with Crippen LogP contribution in [0.1, 0.15) is 26.7 Å². The molecule has 0 aromatic heterocycles. The van der Waals surface area contributed by atoms with Crippen LogP contribution in [-0.4, -0.2) is 50.3 Å². The fraction of sp³-hybridized carbons (Fsp3) is 0.923. The second-order valence-electron chi connectivity index (χ2n) is 5.61. The van der Waals surface area contributed by atoms with E-state index in [0.717, 1.165) is 25.9 Å². The number of nitrogens with one attached hydrogen (secondary N) is 2. The fourth-order valence-corrected chi connectivity index (χ4v) is 2.39. The second-order valence-corrected chi connectivity index (χ2v) is 7.12. The number of rotatable bonds is 6. The summed E-state index contributed by atoms with van der Waals surface area (Å²) >= 11 is 1.77. The molecule has 2 N–H and O–H groups in total. The quantitative estimate of drug-likeness (QED) is 0.784. The van der Waals surface area contributed by atoms with Crippen molar-refractivity contribution in [3.63, 3.8) is 0 Å². The highest BCUT2D eigenvalue weighted by molar-refractivity contribution is 7.99. The van der Waals surface area contributed by atoms with E-state index in [9.17, 15) is 4.79 Å². The number of methoxy groups -OCH3 is 1. The highest BCUT2D eigenvalue weighted by atomic mass is 35.5. The molecule has 19 heavy (non-hydrogen) atoms. The van der Waals surface area contributed by atoms with Gasteiger partial charge in [-0.2, -0.15) is 11.8 Å². The summed E-state index contributed by atoms with van der Waals surface area (Å²) in [5.41, 5.74) is -0.339. The third-order valence-corrected chi connectivity index (χ3v) is 4.94. The number of carbonyl (C=O) groups is 1. The predicted octanol–water partition coefficient (Wildman–Crippen LogP) is 1.68. The molecule has 1 rings (SSSR count). The lowest BCUT2D eigenvalue weighted by atomic mass is 9.78. The van der Waals surface area contributed by atoms with Crippen LogP contribution in [0.4, 0.5) is 0 Å². The standard InChI is InChI=1S/C13H26N2O2S.ClH/c1-12(2,18-4)9-15-11(16)13(10-17-3)5-7-14-8-6-13;/h14H,5-10H2,1-4H3,(H,15,16);1H. The zero-order chi connectivity index (χ0) is 13.6. The van der Waals surface area contributed by atoms with Gasteiger partial charge in [0.2, 0.25) is 5.91 Å². The largest absolute Gasteiger partial charge is 0.384 e. The number of hydrogen-bond donors (Lipinski definition) is 2. The van der Waals surface area contributed by atoms with Crippen molar-refractivity contribution >= 4 is 30.1 Å². The Morgan fingerprint density at radius 1 is 1.42 bits per heavy atom. The highest BCUT2D eigenvalue weighted by Crippen LogP contribution is 2.30. The maximum Gasteiger partial charge on any atom is 0.228 e. The molecule has 0 aromatic carbocycles. The van der Waals surface area contributed by atoms with E-state index in [1.807, 2.05) is 0 Å². The maximum absolute atomic E-state index is 12.4. The Morgan fingerprint density at radius 2 is 2.00 bits per heavy atom. The van der Waals surface area contributed by atoms with Gasteiger partial charge in [-0.05, 0) is 46.0 Å². The number of carbonyl (C=O) groups excluding carboxylic acids is 1. The van der Waals surface area contributed by atoms with Gasteiger partial charge in [0, 0.05) is 18.4 Å². The molecule has 1 aliphatic heterocycles.